The lowest BCUT2D eigenvalue weighted by Crippen LogP contribution is -2.54. The highest BCUT2D eigenvalue weighted by molar-refractivity contribution is 9.10. The molecule has 1 aliphatic heterocycles. The Morgan fingerprint density at radius 1 is 1.00 bits per heavy atom. The number of fused-ring (bicyclic) bond motifs is 6. The number of likely N-dealkylation sites (tertiary alicyclic amines) is 1. The van der Waals surface area contributed by atoms with E-state index in [-0.39, 0.29) is 0 Å². The summed E-state index contributed by atoms with van der Waals surface area (Å²) in [5.41, 5.74) is 11.1. The molecule has 266 valence electrons. The van der Waals surface area contributed by atoms with Crippen LogP contribution in [0.2, 0.25) is 0 Å². The number of anilines is 1. The largest absolute Gasteiger partial charge is 0.383 e. The number of carbonyl (C=O) groups is 1. The number of aromatic nitrogens is 5. The lowest BCUT2D eigenvalue weighted by molar-refractivity contribution is -0.145. The van der Waals surface area contributed by atoms with Gasteiger partial charge < -0.3 is 15.4 Å². The third kappa shape index (κ3) is 5.99. The van der Waals surface area contributed by atoms with Crippen LogP contribution in [0.25, 0.3) is 16.8 Å². The molecule has 5 aliphatic rings. The lowest BCUT2D eigenvalue weighted by atomic mass is 9.45. The Morgan fingerprint density at radius 2 is 1.86 bits per heavy atom. The van der Waals surface area contributed by atoms with Crippen LogP contribution < -0.4 is 5.73 Å². The quantitative estimate of drug-likeness (QED) is 0.224. The van der Waals surface area contributed by atoms with E-state index in [0.29, 0.717) is 40.4 Å². The molecule has 0 amide bonds. The van der Waals surface area contributed by atoms with Crippen molar-refractivity contribution in [1.82, 2.24) is 29.3 Å². The number of Topliss-reactive ketones (excluding diaryl/α,β-unsaturated/α-hetero) is 1. The van der Waals surface area contributed by atoms with E-state index >= 15 is 0 Å². The lowest BCUT2D eigenvalue weighted by Gasteiger charge is -2.60. The van der Waals surface area contributed by atoms with Crippen LogP contribution in [0.15, 0.2) is 23.1 Å². The van der Waals surface area contributed by atoms with Gasteiger partial charge in [-0.05, 0) is 141 Å². The summed E-state index contributed by atoms with van der Waals surface area (Å²) in [5, 5.41) is 8.89. The minimum Gasteiger partial charge on any atom is -0.383 e. The highest BCUT2D eigenvalue weighted by Gasteiger charge is 2.60. The maximum Gasteiger partial charge on any atom is 0.165 e. The van der Waals surface area contributed by atoms with E-state index in [1.54, 1.807) is 9.20 Å². The average Bonchev–Trinajstić information content (AvgIpc) is 3.81. The molecule has 0 spiro atoms. The van der Waals surface area contributed by atoms with E-state index in [1.807, 2.05) is 25.6 Å². The summed E-state index contributed by atoms with van der Waals surface area (Å²) in [6, 6.07) is 0. The number of unbranched alkanes of at least 4 members (excludes halogenated alkanes) is 2. The van der Waals surface area contributed by atoms with Gasteiger partial charge in [0.15, 0.2) is 5.65 Å². The van der Waals surface area contributed by atoms with Crippen LogP contribution in [-0.4, -0.2) is 67.4 Å². The van der Waals surface area contributed by atoms with E-state index in [2.05, 4.69) is 44.9 Å². The molecule has 8 atom stereocenters. The third-order valence-electron chi connectivity index (χ3n) is 14.4. The second kappa shape index (κ2) is 13.4. The Labute approximate surface area is 300 Å². The molecule has 49 heavy (non-hydrogen) atoms. The SMILES string of the molecule is Cn1cc(-c2cnn3c(N)c(Br)c([C@@H]4CCCN(CCCCCO[C@H]5CC[C@H]6[C@@H]7CC[C@H]8CC(=O)CC[C@]8(C)[C@H]7CC[C@]56C)C4)nc23)cn1. The van der Waals surface area contributed by atoms with Crippen molar-refractivity contribution in [3.8, 4) is 11.1 Å². The number of nitrogens with two attached hydrogens (primary N) is 1. The maximum absolute atomic E-state index is 12.3. The second-order valence-electron chi connectivity index (χ2n) is 17.0. The van der Waals surface area contributed by atoms with E-state index in [1.165, 1.54) is 57.8 Å². The first-order chi connectivity index (χ1) is 23.7. The number of hydrogen-bond donors (Lipinski definition) is 1. The molecule has 10 heteroatoms. The second-order valence-corrected chi connectivity index (χ2v) is 17.8. The van der Waals surface area contributed by atoms with Crippen LogP contribution in [0.3, 0.4) is 0 Å². The zero-order valence-electron chi connectivity index (χ0n) is 29.9. The topological polar surface area (TPSA) is 104 Å². The van der Waals surface area contributed by atoms with Crippen molar-refractivity contribution in [3.05, 3.63) is 28.8 Å². The van der Waals surface area contributed by atoms with Crippen molar-refractivity contribution >= 4 is 33.2 Å². The Balaban J connectivity index is 0.820. The molecule has 3 aromatic rings. The number of halogens is 1. The molecule has 0 bridgehead atoms. The minimum atomic E-state index is 0.333. The zero-order chi connectivity index (χ0) is 33.9. The molecule has 4 saturated carbocycles. The van der Waals surface area contributed by atoms with Crippen molar-refractivity contribution in [3.63, 3.8) is 0 Å². The molecule has 0 unspecified atom stereocenters. The van der Waals surface area contributed by atoms with Crippen LogP contribution in [-0.2, 0) is 16.6 Å². The first-order valence-electron chi connectivity index (χ1n) is 19.3. The molecule has 8 rings (SSSR count). The summed E-state index contributed by atoms with van der Waals surface area (Å²) in [7, 11) is 1.92. The summed E-state index contributed by atoms with van der Waals surface area (Å²) in [6.45, 7) is 9.30. The van der Waals surface area contributed by atoms with Crippen LogP contribution in [0, 0.1) is 34.5 Å². The highest BCUT2D eigenvalue weighted by Crippen LogP contribution is 2.66. The van der Waals surface area contributed by atoms with Gasteiger partial charge in [0.05, 0.1) is 28.7 Å². The van der Waals surface area contributed by atoms with Gasteiger partial charge >= 0.3 is 0 Å². The number of rotatable bonds is 9. The van der Waals surface area contributed by atoms with Gasteiger partial charge in [-0.25, -0.2) is 4.98 Å². The zero-order valence-corrected chi connectivity index (χ0v) is 31.5. The number of ketones is 1. The van der Waals surface area contributed by atoms with Gasteiger partial charge in [-0.3, -0.25) is 9.48 Å². The van der Waals surface area contributed by atoms with Gasteiger partial charge in [0.1, 0.15) is 11.6 Å². The average molecular weight is 735 g/mol. The molecule has 4 heterocycles. The van der Waals surface area contributed by atoms with E-state index in [4.69, 9.17) is 15.5 Å². The number of nitrogens with zero attached hydrogens (tertiary/aromatic N) is 6. The smallest absolute Gasteiger partial charge is 0.165 e. The summed E-state index contributed by atoms with van der Waals surface area (Å²) >= 11 is 3.79. The predicted molar refractivity (Wildman–Crippen MR) is 196 cm³/mol. The van der Waals surface area contributed by atoms with Gasteiger partial charge in [0.25, 0.3) is 0 Å². The molecular weight excluding hydrogens is 678 g/mol. The number of piperidine rings is 1. The summed E-state index contributed by atoms with van der Waals surface area (Å²) in [5.74, 6) is 4.56. The Hall–Kier alpha value is -2.30. The van der Waals surface area contributed by atoms with Crippen LogP contribution >= 0.6 is 15.9 Å². The van der Waals surface area contributed by atoms with Gasteiger partial charge in [-0.1, -0.05) is 13.8 Å². The van der Waals surface area contributed by atoms with Crippen LogP contribution in [0.4, 0.5) is 5.82 Å². The van der Waals surface area contributed by atoms with Crippen LogP contribution in [0.5, 0.6) is 0 Å². The fourth-order valence-corrected chi connectivity index (χ4v) is 12.2. The van der Waals surface area contributed by atoms with Gasteiger partial charge in [-0.15, -0.1) is 0 Å². The molecule has 9 nitrogen and oxygen atoms in total. The first kappa shape index (κ1) is 33.8. The van der Waals surface area contributed by atoms with Crippen molar-refractivity contribution in [1.29, 1.82) is 0 Å². The Kier molecular flexibility index (Phi) is 9.22. The number of carbonyl (C=O) groups excluding carboxylic acids is 1. The van der Waals surface area contributed by atoms with Crippen molar-refractivity contribution in [2.24, 2.45) is 41.5 Å². The summed E-state index contributed by atoms with van der Waals surface area (Å²) < 4.78 is 11.2. The minimum absolute atomic E-state index is 0.333. The van der Waals surface area contributed by atoms with Gasteiger partial charge in [0, 0.05) is 56.3 Å². The molecule has 2 N–H and O–H groups in total. The molecule has 1 saturated heterocycles. The molecule has 0 aromatic carbocycles. The van der Waals surface area contributed by atoms with Gasteiger partial charge in [0.2, 0.25) is 0 Å². The van der Waals surface area contributed by atoms with Crippen molar-refractivity contribution in [2.75, 3.05) is 32.0 Å². The monoisotopic (exact) mass is 733 g/mol. The van der Waals surface area contributed by atoms with E-state index in [0.717, 1.165) is 103 Å². The first-order valence-corrected chi connectivity index (χ1v) is 20.1. The third-order valence-corrected chi connectivity index (χ3v) is 15.2. The molecule has 0 radical (unpaired) electrons. The highest BCUT2D eigenvalue weighted by atomic mass is 79.9. The van der Waals surface area contributed by atoms with E-state index < -0.39 is 0 Å². The van der Waals surface area contributed by atoms with Crippen molar-refractivity contribution < 1.29 is 9.53 Å². The normalized spacial score (nSPS) is 35.0. The fourth-order valence-electron chi connectivity index (χ4n) is 11.6. The number of nitrogen functional groups attached to an aromatic ring is 1. The Bertz CT molecular complexity index is 1690. The standard InChI is InChI=1S/C39H56BrN7O2/c1-38-15-13-28(48)20-27(38)9-10-29-31-11-12-33(39(31,2)16-14-32(29)38)49-19-6-4-5-17-46-18-7-8-25(24-46)35-34(40)36(41)47-37(44-35)30(22-43-47)26-21-42-45(3)23-26/h21-23,25,27,29,31-33H,4-20,24,41H2,1-3H3/t25-,27+,29+,31+,32+,33+,38+,39+/m1/s1. The fraction of sp³-hybridized carbons (Fsp3) is 0.744. The summed E-state index contributed by atoms with van der Waals surface area (Å²) in [4.78, 5) is 20.1. The van der Waals surface area contributed by atoms with Crippen LogP contribution in [0.1, 0.15) is 115 Å². The number of aryl methyl sites for hydroxylation is 1. The van der Waals surface area contributed by atoms with E-state index in [9.17, 15) is 4.79 Å². The molecule has 4 aliphatic carbocycles. The molecule has 5 fully saturated rings. The molecular formula is C39H56BrN7O2. The summed E-state index contributed by atoms with van der Waals surface area (Å²) in [6.07, 6.45) is 22.6. The predicted octanol–water partition coefficient (Wildman–Crippen LogP) is 7.82. The Morgan fingerprint density at radius 3 is 2.69 bits per heavy atom. The number of hydrogen-bond acceptors (Lipinski definition) is 7. The van der Waals surface area contributed by atoms with Crippen molar-refractivity contribution in [2.45, 2.75) is 116 Å². The maximum atomic E-state index is 12.3. The number of ether oxygens (including phenoxy) is 1. The van der Waals surface area contributed by atoms with Gasteiger partial charge in [-0.2, -0.15) is 14.7 Å². The molecule has 3 aromatic heterocycles.